The molecule has 0 amide bonds. The number of ether oxygens (including phenoxy) is 1. The first-order chi connectivity index (χ1) is 13.8. The number of aliphatic imine (C=N–C) groups is 1. The van der Waals surface area contributed by atoms with E-state index in [-0.39, 0.29) is 0 Å². The smallest absolute Gasteiger partial charge is 0.191 e. The lowest BCUT2D eigenvalue weighted by molar-refractivity contribution is 0.0389. The van der Waals surface area contributed by atoms with Crippen LogP contribution in [0.25, 0.3) is 0 Å². The number of rotatable bonds is 9. The first-order valence-electron chi connectivity index (χ1n) is 10.1. The molecule has 2 heterocycles. The van der Waals surface area contributed by atoms with Crippen molar-refractivity contribution in [3.8, 4) is 0 Å². The quantitative estimate of drug-likeness (QED) is 0.507. The van der Waals surface area contributed by atoms with Crippen LogP contribution >= 0.6 is 0 Å². The predicted octanol–water partition coefficient (Wildman–Crippen LogP) is 1.51. The summed E-state index contributed by atoms with van der Waals surface area (Å²) < 4.78 is 7.60. The number of imidazole rings is 1. The molecule has 0 radical (unpaired) electrons. The second kappa shape index (κ2) is 11.5. The summed E-state index contributed by atoms with van der Waals surface area (Å²) >= 11 is 0. The molecule has 0 unspecified atom stereocenters. The lowest BCUT2D eigenvalue weighted by Gasteiger charge is -2.26. The molecule has 7 heteroatoms. The highest BCUT2D eigenvalue weighted by molar-refractivity contribution is 5.79. The zero-order valence-corrected chi connectivity index (χ0v) is 16.8. The summed E-state index contributed by atoms with van der Waals surface area (Å²) in [6, 6.07) is 10.6. The van der Waals surface area contributed by atoms with Gasteiger partial charge in [0.05, 0.1) is 19.8 Å². The van der Waals surface area contributed by atoms with E-state index in [4.69, 9.17) is 4.74 Å². The van der Waals surface area contributed by atoms with Crippen molar-refractivity contribution >= 4 is 5.96 Å². The SMILES string of the molecule is CN=C(NCCN1CCOCC1)NCc1nccn1CCCc1ccccc1. The van der Waals surface area contributed by atoms with Crippen LogP contribution in [-0.4, -0.2) is 66.9 Å². The summed E-state index contributed by atoms with van der Waals surface area (Å²) in [5.74, 6) is 1.84. The van der Waals surface area contributed by atoms with Crippen LogP contribution in [0, 0.1) is 0 Å². The Hall–Kier alpha value is -2.38. The third-order valence-corrected chi connectivity index (χ3v) is 4.97. The van der Waals surface area contributed by atoms with Gasteiger partial charge in [0.25, 0.3) is 0 Å². The number of hydrogen-bond acceptors (Lipinski definition) is 4. The van der Waals surface area contributed by atoms with Gasteiger partial charge >= 0.3 is 0 Å². The highest BCUT2D eigenvalue weighted by Gasteiger charge is 2.10. The van der Waals surface area contributed by atoms with E-state index in [0.717, 1.165) is 70.6 Å². The van der Waals surface area contributed by atoms with Crippen molar-refractivity contribution in [2.24, 2.45) is 4.99 Å². The lowest BCUT2D eigenvalue weighted by atomic mass is 10.1. The number of guanidine groups is 1. The molecule has 3 rings (SSSR count). The molecular formula is C21H32N6O. The van der Waals surface area contributed by atoms with E-state index in [1.807, 2.05) is 6.20 Å². The van der Waals surface area contributed by atoms with Gasteiger partial charge in [-0.05, 0) is 18.4 Å². The van der Waals surface area contributed by atoms with Crippen molar-refractivity contribution in [2.45, 2.75) is 25.9 Å². The Kier molecular flexibility index (Phi) is 8.33. The van der Waals surface area contributed by atoms with Crippen LogP contribution in [0.1, 0.15) is 17.8 Å². The Labute approximate surface area is 167 Å². The normalized spacial score (nSPS) is 15.5. The third kappa shape index (κ3) is 6.65. The number of nitrogens with one attached hydrogen (secondary N) is 2. The standard InChI is InChI=1S/C21H32N6O/c1-22-21(24-9-12-26-14-16-28-17-15-26)25-18-20-23-10-13-27(20)11-5-8-19-6-3-2-4-7-19/h2-4,6-7,10,13H,5,8-9,11-12,14-18H2,1H3,(H2,22,24,25). The number of benzene rings is 1. The number of hydrogen-bond donors (Lipinski definition) is 2. The van der Waals surface area contributed by atoms with Gasteiger partial charge in [-0.15, -0.1) is 0 Å². The Bertz CT molecular complexity index is 709. The average molecular weight is 385 g/mol. The average Bonchev–Trinajstić information content (AvgIpc) is 3.19. The molecule has 1 aromatic carbocycles. The van der Waals surface area contributed by atoms with E-state index in [2.05, 4.69) is 66.6 Å². The fourth-order valence-corrected chi connectivity index (χ4v) is 3.35. The number of morpholine rings is 1. The van der Waals surface area contributed by atoms with E-state index in [1.165, 1.54) is 5.56 Å². The van der Waals surface area contributed by atoms with Crippen molar-refractivity contribution in [3.05, 3.63) is 54.1 Å². The molecule has 0 aliphatic carbocycles. The topological polar surface area (TPSA) is 66.7 Å². The molecule has 1 aromatic heterocycles. The van der Waals surface area contributed by atoms with Crippen molar-refractivity contribution in [1.82, 2.24) is 25.1 Å². The van der Waals surface area contributed by atoms with Gasteiger partial charge in [0.2, 0.25) is 0 Å². The summed E-state index contributed by atoms with van der Waals surface area (Å²) in [4.78, 5) is 11.2. The summed E-state index contributed by atoms with van der Waals surface area (Å²) in [6.45, 7) is 7.18. The highest BCUT2D eigenvalue weighted by Crippen LogP contribution is 2.06. The molecule has 152 valence electrons. The van der Waals surface area contributed by atoms with Gasteiger partial charge in [-0.25, -0.2) is 4.98 Å². The van der Waals surface area contributed by atoms with Crippen LogP contribution in [0.4, 0.5) is 0 Å². The molecule has 0 atom stereocenters. The fourth-order valence-electron chi connectivity index (χ4n) is 3.35. The van der Waals surface area contributed by atoms with Gasteiger partial charge in [0, 0.05) is 52.2 Å². The zero-order valence-electron chi connectivity index (χ0n) is 16.8. The van der Waals surface area contributed by atoms with Crippen molar-refractivity contribution in [1.29, 1.82) is 0 Å². The molecular weight excluding hydrogens is 352 g/mol. The maximum absolute atomic E-state index is 5.38. The summed E-state index contributed by atoms with van der Waals surface area (Å²) in [6.07, 6.45) is 6.10. The Morgan fingerprint density at radius 1 is 1.14 bits per heavy atom. The maximum Gasteiger partial charge on any atom is 0.191 e. The maximum atomic E-state index is 5.38. The van der Waals surface area contributed by atoms with Crippen molar-refractivity contribution in [2.75, 3.05) is 46.4 Å². The van der Waals surface area contributed by atoms with Crippen LogP contribution in [-0.2, 0) is 24.2 Å². The largest absolute Gasteiger partial charge is 0.379 e. The molecule has 2 aromatic rings. The molecule has 0 spiro atoms. The third-order valence-electron chi connectivity index (χ3n) is 4.97. The van der Waals surface area contributed by atoms with Crippen LogP contribution in [0.2, 0.25) is 0 Å². The fraction of sp³-hybridized carbons (Fsp3) is 0.524. The molecule has 1 aliphatic rings. The molecule has 0 saturated carbocycles. The number of aryl methyl sites for hydroxylation is 2. The van der Waals surface area contributed by atoms with E-state index < -0.39 is 0 Å². The van der Waals surface area contributed by atoms with E-state index in [0.29, 0.717) is 6.54 Å². The Morgan fingerprint density at radius 3 is 2.75 bits per heavy atom. The summed E-state index contributed by atoms with van der Waals surface area (Å²) in [5.41, 5.74) is 1.38. The lowest BCUT2D eigenvalue weighted by Crippen LogP contribution is -2.44. The minimum Gasteiger partial charge on any atom is -0.379 e. The monoisotopic (exact) mass is 384 g/mol. The van der Waals surface area contributed by atoms with Crippen LogP contribution in [0.3, 0.4) is 0 Å². The van der Waals surface area contributed by atoms with Gasteiger partial charge in [0.1, 0.15) is 5.82 Å². The van der Waals surface area contributed by atoms with E-state index in [1.54, 1.807) is 7.05 Å². The number of aromatic nitrogens is 2. The molecule has 2 N–H and O–H groups in total. The van der Waals surface area contributed by atoms with Gasteiger partial charge < -0.3 is 19.9 Å². The van der Waals surface area contributed by atoms with E-state index >= 15 is 0 Å². The summed E-state index contributed by atoms with van der Waals surface area (Å²) in [5, 5.41) is 6.75. The first-order valence-corrected chi connectivity index (χ1v) is 10.1. The van der Waals surface area contributed by atoms with Crippen LogP contribution in [0.15, 0.2) is 47.7 Å². The molecule has 1 aliphatic heterocycles. The highest BCUT2D eigenvalue weighted by atomic mass is 16.5. The molecule has 7 nitrogen and oxygen atoms in total. The second-order valence-electron chi connectivity index (χ2n) is 6.93. The van der Waals surface area contributed by atoms with Crippen molar-refractivity contribution in [3.63, 3.8) is 0 Å². The van der Waals surface area contributed by atoms with Crippen LogP contribution in [0.5, 0.6) is 0 Å². The Morgan fingerprint density at radius 2 is 1.96 bits per heavy atom. The van der Waals surface area contributed by atoms with Gasteiger partial charge in [-0.1, -0.05) is 30.3 Å². The first kappa shape index (κ1) is 20.4. The van der Waals surface area contributed by atoms with Crippen LogP contribution < -0.4 is 10.6 Å². The number of nitrogens with zero attached hydrogens (tertiary/aromatic N) is 4. The molecule has 28 heavy (non-hydrogen) atoms. The zero-order chi connectivity index (χ0) is 19.4. The molecule has 0 bridgehead atoms. The van der Waals surface area contributed by atoms with E-state index in [9.17, 15) is 0 Å². The van der Waals surface area contributed by atoms with Gasteiger partial charge in [-0.3, -0.25) is 9.89 Å². The van der Waals surface area contributed by atoms with Gasteiger partial charge in [-0.2, -0.15) is 0 Å². The Balaban J connectivity index is 1.37. The second-order valence-corrected chi connectivity index (χ2v) is 6.93. The summed E-state index contributed by atoms with van der Waals surface area (Å²) in [7, 11) is 1.80. The molecule has 1 saturated heterocycles. The minimum atomic E-state index is 0.662. The van der Waals surface area contributed by atoms with Crippen molar-refractivity contribution < 1.29 is 4.74 Å². The van der Waals surface area contributed by atoms with Gasteiger partial charge in [0.15, 0.2) is 5.96 Å². The predicted molar refractivity (Wildman–Crippen MR) is 112 cm³/mol. The molecule has 1 fully saturated rings. The minimum absolute atomic E-state index is 0.662.